The van der Waals surface area contributed by atoms with Gasteiger partial charge < -0.3 is 0 Å². The second-order valence-electron chi connectivity index (χ2n) is 34.3. The average molecular weight is 1320 g/mol. The largest absolute Gasteiger partial charge is 0.0651 e. The van der Waals surface area contributed by atoms with E-state index in [0.717, 1.165) is 94.7 Å². The Balaban J connectivity index is 0.000000132. The van der Waals surface area contributed by atoms with Crippen LogP contribution in [0.25, 0.3) is 0 Å². The van der Waals surface area contributed by atoms with Gasteiger partial charge in [0.25, 0.3) is 0 Å². The maximum absolute atomic E-state index is 2.37. The molecule has 0 bridgehead atoms. The first-order valence-corrected chi connectivity index (χ1v) is 39.7. The lowest BCUT2D eigenvalue weighted by Crippen LogP contribution is -2.15. The van der Waals surface area contributed by atoms with E-state index in [4.69, 9.17) is 0 Å². The predicted molar refractivity (Wildman–Crippen MR) is 434 cm³/mol. The Hall–Kier alpha value is -6.24. The topological polar surface area (TPSA) is 0 Å². The molecule has 8 aromatic carbocycles. The first kappa shape index (κ1) is 76.9. The molecule has 0 aliphatic heterocycles. The van der Waals surface area contributed by atoms with Crippen molar-refractivity contribution in [2.75, 3.05) is 0 Å². The van der Waals surface area contributed by atoms with E-state index in [1.807, 2.05) is 0 Å². The summed E-state index contributed by atoms with van der Waals surface area (Å²) < 4.78 is 0. The molecule has 0 amide bonds. The van der Waals surface area contributed by atoms with Gasteiger partial charge in [0.1, 0.15) is 0 Å². The van der Waals surface area contributed by atoms with Gasteiger partial charge in [-0.25, -0.2) is 0 Å². The highest BCUT2D eigenvalue weighted by Gasteiger charge is 2.31. The van der Waals surface area contributed by atoms with E-state index in [9.17, 15) is 0 Å². The Bertz CT molecular complexity index is 3820. The molecule has 8 aliphatic carbocycles. The second-order valence-corrected chi connectivity index (χ2v) is 34.3. The highest BCUT2D eigenvalue weighted by Crippen LogP contribution is 2.44. The Morgan fingerprint density at radius 2 is 0.606 bits per heavy atom. The number of hydrogen-bond donors (Lipinski definition) is 0. The molecular weight excluding hydrogens is 1190 g/mol. The van der Waals surface area contributed by atoms with Crippen LogP contribution in [0.5, 0.6) is 0 Å². The van der Waals surface area contributed by atoms with Crippen LogP contribution in [0.3, 0.4) is 0 Å². The first-order valence-electron chi connectivity index (χ1n) is 39.7. The fourth-order valence-corrected chi connectivity index (χ4v) is 18.4. The van der Waals surface area contributed by atoms with Gasteiger partial charge >= 0.3 is 0 Å². The molecule has 0 aromatic heterocycles. The van der Waals surface area contributed by atoms with Crippen LogP contribution in [0.15, 0.2) is 146 Å². The van der Waals surface area contributed by atoms with Gasteiger partial charge in [-0.3, -0.25) is 0 Å². The fraction of sp³-hybridized carbons (Fsp3) is 0.515. The lowest BCUT2D eigenvalue weighted by atomic mass is 9.77. The number of fused-ring (bicyclic) bond motifs is 8. The lowest BCUT2D eigenvalue weighted by molar-refractivity contribution is 0.426. The standard InChI is InChI=1S/3C13H18.5C12H16/c1-9-4-6-12-7-5-10(2)11(3)13(12)8-9;1-9-4-5-12-7-10(2)6-11(3)13(12)8-9;1-4-11-8-12-6-5-9(2)7-13(12)10(11)3;1-8-4-5-12-10(3)9(2)7-11(12)6-8;3*1-8-4-5-11-7-9(2)10(3)12(11)6-8;1-8-5-4-6-11-7-9(2)10(3)12(8)11/h4,6,8,10-11H,5,7H2,1-3H3;4-5,8,10-11H,6-7H2,1-3H3;5-7,10-11H,4,8H2,1-3H3;5*4-6,9-10H,7H2,1-3H3/t10-,11+;10-,11-;10-,11+;3*9-,10+;9-,10-;9-,10+/m01101010/s1. The Morgan fingerprint density at radius 3 is 1.05 bits per heavy atom. The van der Waals surface area contributed by atoms with Crippen LogP contribution < -0.4 is 0 Å². The maximum Gasteiger partial charge on any atom is -0.0156 e. The van der Waals surface area contributed by atoms with E-state index in [0.29, 0.717) is 0 Å². The molecule has 0 heteroatoms. The summed E-state index contributed by atoms with van der Waals surface area (Å²) in [6, 6.07) is 55.0. The minimum atomic E-state index is 0.753. The quantitative estimate of drug-likeness (QED) is 0.154. The number of aryl methyl sites for hydroxylation is 9. The van der Waals surface area contributed by atoms with Gasteiger partial charge in [0.2, 0.25) is 0 Å². The molecule has 16 rings (SSSR count). The summed E-state index contributed by atoms with van der Waals surface area (Å²) in [5, 5.41) is 0. The van der Waals surface area contributed by atoms with Crippen molar-refractivity contribution in [3.8, 4) is 0 Å². The SMILES string of the molecule is CC[C@H]1Cc2ccc(C)cc2[C@@H]1C.Cc1ccc2c(c1)C[C@H](C)[C@H]2C.Cc1ccc2c(c1)[C@@H](C)[C@H](C)C2.Cc1ccc2c(c1)[C@H](C)C[C@@H](C)C2.Cc1ccc2c(c1)[C@H](C)[C@@H](C)C2.Cc1ccc2c(c1)[C@H](C)[C@@H](C)CC2.Cc1ccc2c(c1)[C@H](C)[C@H](C)C2.Cc1cccc2c1[C@H](C)[C@@H](C)C2. The monoisotopic (exact) mass is 1320 g/mol. The fourth-order valence-electron chi connectivity index (χ4n) is 18.4. The number of hydrogen-bond acceptors (Lipinski definition) is 0. The van der Waals surface area contributed by atoms with Crippen LogP contribution in [-0.4, -0.2) is 0 Å². The van der Waals surface area contributed by atoms with E-state index >= 15 is 0 Å². The van der Waals surface area contributed by atoms with Crippen molar-refractivity contribution in [2.45, 2.75) is 284 Å². The van der Waals surface area contributed by atoms with Crippen LogP contribution in [0.1, 0.15) is 311 Å². The lowest BCUT2D eigenvalue weighted by Gasteiger charge is -2.28. The first-order chi connectivity index (χ1) is 47.0. The molecule has 0 N–H and O–H groups in total. The molecular formula is C99H134. The second kappa shape index (κ2) is 34.2. The number of rotatable bonds is 1. The van der Waals surface area contributed by atoms with Gasteiger partial charge in [-0.15, -0.1) is 0 Å². The van der Waals surface area contributed by atoms with Crippen LogP contribution in [0.2, 0.25) is 0 Å². The zero-order valence-corrected chi connectivity index (χ0v) is 66.9. The molecule has 0 radical (unpaired) electrons. The minimum Gasteiger partial charge on any atom is -0.0651 e. The normalized spacial score (nSPS) is 27.0. The minimum absolute atomic E-state index is 0.753. The molecule has 0 nitrogen and oxygen atoms in total. The summed E-state index contributed by atoms with van der Waals surface area (Å²) in [4.78, 5) is 0. The van der Waals surface area contributed by atoms with Crippen molar-refractivity contribution in [1.29, 1.82) is 0 Å². The average Bonchev–Trinajstić information content (AvgIpc) is 1.65. The summed E-state index contributed by atoms with van der Waals surface area (Å²) in [6.07, 6.45) is 14.3. The van der Waals surface area contributed by atoms with Crippen molar-refractivity contribution < 1.29 is 0 Å². The third-order valence-electron chi connectivity index (χ3n) is 26.2. The van der Waals surface area contributed by atoms with Gasteiger partial charge in [-0.05, 0) is 309 Å². The van der Waals surface area contributed by atoms with E-state index in [-0.39, 0.29) is 0 Å². The maximum atomic E-state index is 2.37. The zero-order valence-electron chi connectivity index (χ0n) is 66.9. The highest BCUT2D eigenvalue weighted by atomic mass is 14.4. The highest BCUT2D eigenvalue weighted by molar-refractivity contribution is 5.45. The molecule has 0 spiro atoms. The van der Waals surface area contributed by atoms with Gasteiger partial charge in [0, 0.05) is 0 Å². The Morgan fingerprint density at radius 1 is 0.273 bits per heavy atom. The van der Waals surface area contributed by atoms with Crippen molar-refractivity contribution in [1.82, 2.24) is 0 Å². The molecule has 0 unspecified atom stereocenters. The summed E-state index contributed by atoms with van der Waals surface area (Å²) in [7, 11) is 0. The van der Waals surface area contributed by atoms with Gasteiger partial charge in [0.15, 0.2) is 0 Å². The van der Waals surface area contributed by atoms with Crippen molar-refractivity contribution >= 4 is 0 Å². The molecule has 99 heavy (non-hydrogen) atoms. The van der Waals surface area contributed by atoms with E-state index in [1.54, 1.807) is 89.0 Å². The molecule has 0 fully saturated rings. The summed E-state index contributed by atoms with van der Waals surface area (Å²) in [6.45, 7) is 55.1. The van der Waals surface area contributed by atoms with Gasteiger partial charge in [0.05, 0.1) is 0 Å². The van der Waals surface area contributed by atoms with Crippen molar-refractivity contribution in [3.05, 3.63) is 279 Å². The zero-order chi connectivity index (χ0) is 71.8. The summed E-state index contributed by atoms with van der Waals surface area (Å²) >= 11 is 0. The third kappa shape index (κ3) is 18.9. The molecule has 0 saturated heterocycles. The molecule has 8 aromatic rings. The molecule has 16 atom stereocenters. The molecule has 8 aliphatic rings. The smallest absolute Gasteiger partial charge is 0.0156 e. The van der Waals surface area contributed by atoms with E-state index in [2.05, 4.69) is 312 Å². The van der Waals surface area contributed by atoms with Crippen LogP contribution >= 0.6 is 0 Å². The van der Waals surface area contributed by atoms with E-state index < -0.39 is 0 Å². The third-order valence-corrected chi connectivity index (χ3v) is 26.2. The molecule has 0 heterocycles. The summed E-state index contributed by atoms with van der Waals surface area (Å²) in [5.74, 6) is 12.9. The predicted octanol–water partition coefficient (Wildman–Crippen LogP) is 27.5. The summed E-state index contributed by atoms with van der Waals surface area (Å²) in [5.41, 5.74) is 36.6. The molecule has 0 saturated carbocycles. The number of benzene rings is 8. The Labute approximate surface area is 606 Å². The van der Waals surface area contributed by atoms with Crippen LogP contribution in [0, 0.1) is 103 Å². The molecule has 530 valence electrons. The van der Waals surface area contributed by atoms with Crippen LogP contribution in [-0.2, 0) is 51.4 Å². The van der Waals surface area contributed by atoms with Gasteiger partial charge in [-0.2, -0.15) is 0 Å². The van der Waals surface area contributed by atoms with Crippen LogP contribution in [0.4, 0.5) is 0 Å². The van der Waals surface area contributed by atoms with Crippen molar-refractivity contribution in [2.24, 2.45) is 47.3 Å². The van der Waals surface area contributed by atoms with Crippen molar-refractivity contribution in [3.63, 3.8) is 0 Å². The van der Waals surface area contributed by atoms with Gasteiger partial charge in [-0.1, -0.05) is 302 Å². The van der Waals surface area contributed by atoms with E-state index in [1.165, 1.54) is 115 Å². The Kier molecular flexibility index (Phi) is 26.5.